The van der Waals surface area contributed by atoms with E-state index in [1.165, 1.54) is 25.3 Å². The summed E-state index contributed by atoms with van der Waals surface area (Å²) in [5.41, 5.74) is 5.24. The summed E-state index contributed by atoms with van der Waals surface area (Å²) in [6, 6.07) is 4.13. The first-order valence-corrected chi connectivity index (χ1v) is 4.95. The molecule has 0 fully saturated rings. The van der Waals surface area contributed by atoms with Crippen molar-refractivity contribution >= 4 is 23.2 Å². The molecule has 3 N–H and O–H groups in total. The lowest BCUT2D eigenvalue weighted by Crippen LogP contribution is -2.36. The van der Waals surface area contributed by atoms with Crippen molar-refractivity contribution in [3.8, 4) is 0 Å². The normalized spacial score (nSPS) is 12.2. The number of hydrogen-bond donors (Lipinski definition) is 2. The molecule has 0 aromatic heterocycles. The number of para-hydroxylation sites is 1. The third kappa shape index (κ3) is 2.91. The molecule has 88 valence electrons. The predicted octanol–water partition coefficient (Wildman–Crippen LogP) is 1.39. The Labute approximate surface area is 97.5 Å². The number of halogens is 2. The summed E-state index contributed by atoms with van der Waals surface area (Å²) in [5, 5.41) is 2.45. The molecule has 4 nitrogen and oxygen atoms in total. The number of hydrogen-bond acceptors (Lipinski definition) is 3. The van der Waals surface area contributed by atoms with Gasteiger partial charge in [-0.15, -0.1) is 0 Å². The van der Waals surface area contributed by atoms with Gasteiger partial charge in [0.05, 0.1) is 10.7 Å². The topological polar surface area (TPSA) is 64.3 Å². The highest BCUT2D eigenvalue weighted by molar-refractivity contribution is 6.33. The van der Waals surface area contributed by atoms with Crippen molar-refractivity contribution in [3.63, 3.8) is 0 Å². The van der Waals surface area contributed by atoms with Crippen LogP contribution in [0, 0.1) is 5.82 Å². The molecule has 6 heteroatoms. The van der Waals surface area contributed by atoms with E-state index in [4.69, 9.17) is 22.1 Å². The van der Waals surface area contributed by atoms with E-state index >= 15 is 0 Å². The van der Waals surface area contributed by atoms with Crippen LogP contribution >= 0.6 is 11.6 Å². The van der Waals surface area contributed by atoms with Gasteiger partial charge in [0.1, 0.15) is 11.9 Å². The summed E-state index contributed by atoms with van der Waals surface area (Å²) in [7, 11) is 1.35. The highest BCUT2D eigenvalue weighted by Crippen LogP contribution is 2.24. The summed E-state index contributed by atoms with van der Waals surface area (Å²) in [6.45, 7) is 0.00834. The van der Waals surface area contributed by atoms with Crippen LogP contribution in [0.1, 0.15) is 0 Å². The molecular weight excluding hydrogens is 235 g/mol. The zero-order valence-electron chi connectivity index (χ0n) is 8.67. The molecule has 0 heterocycles. The number of nitrogens with one attached hydrogen (secondary N) is 1. The quantitative estimate of drug-likeness (QED) is 0.844. The maximum absolute atomic E-state index is 13.3. The highest BCUT2D eigenvalue weighted by atomic mass is 35.5. The van der Waals surface area contributed by atoms with Crippen LogP contribution in [0.2, 0.25) is 5.02 Å². The Morgan fingerprint density at radius 3 is 2.88 bits per heavy atom. The van der Waals surface area contributed by atoms with Gasteiger partial charge in [0, 0.05) is 13.7 Å². The van der Waals surface area contributed by atoms with Gasteiger partial charge in [-0.05, 0) is 12.1 Å². The summed E-state index contributed by atoms with van der Waals surface area (Å²) in [5.74, 6) is -1.13. The number of benzene rings is 1. The number of anilines is 1. The maximum Gasteiger partial charge on any atom is 0.254 e. The second kappa shape index (κ2) is 5.79. The molecule has 1 unspecified atom stereocenters. The molecule has 0 saturated carbocycles. The van der Waals surface area contributed by atoms with Crippen molar-refractivity contribution in [2.45, 2.75) is 6.10 Å². The van der Waals surface area contributed by atoms with E-state index in [-0.39, 0.29) is 17.3 Å². The van der Waals surface area contributed by atoms with Crippen LogP contribution in [0.4, 0.5) is 10.1 Å². The Morgan fingerprint density at radius 2 is 2.38 bits per heavy atom. The van der Waals surface area contributed by atoms with Crippen molar-refractivity contribution in [1.82, 2.24) is 0 Å². The zero-order chi connectivity index (χ0) is 12.1. The minimum Gasteiger partial charge on any atom is -0.370 e. The van der Waals surface area contributed by atoms with Crippen LogP contribution in [0.25, 0.3) is 0 Å². The maximum atomic E-state index is 13.3. The van der Waals surface area contributed by atoms with Crippen LogP contribution < -0.4 is 11.1 Å². The van der Waals surface area contributed by atoms with Gasteiger partial charge in [0.15, 0.2) is 0 Å². The number of methoxy groups -OCH3 is 1. The van der Waals surface area contributed by atoms with Crippen LogP contribution in [0.3, 0.4) is 0 Å². The van der Waals surface area contributed by atoms with Gasteiger partial charge in [0.2, 0.25) is 0 Å². The van der Waals surface area contributed by atoms with Gasteiger partial charge in [-0.25, -0.2) is 4.39 Å². The molecule has 0 spiro atoms. The van der Waals surface area contributed by atoms with Crippen molar-refractivity contribution < 1.29 is 13.9 Å². The number of ether oxygens (including phenoxy) is 1. The van der Waals surface area contributed by atoms with Gasteiger partial charge >= 0.3 is 0 Å². The first kappa shape index (κ1) is 12.9. The fourth-order valence-corrected chi connectivity index (χ4v) is 1.34. The molecule has 1 amide bonds. The minimum absolute atomic E-state index is 0.00834. The molecule has 16 heavy (non-hydrogen) atoms. The lowest BCUT2D eigenvalue weighted by Gasteiger charge is -2.14. The average molecular weight is 247 g/mol. The molecule has 0 aliphatic heterocycles. The number of carbonyl (C=O) groups excluding carboxylic acids is 1. The Kier molecular flexibility index (Phi) is 4.67. The summed E-state index contributed by atoms with van der Waals surface area (Å²) < 4.78 is 18.1. The first-order chi connectivity index (χ1) is 7.60. The Bertz CT molecular complexity index is 363. The lowest BCUT2D eigenvalue weighted by molar-refractivity contribution is -0.125. The monoisotopic (exact) mass is 246 g/mol. The molecular formula is C10H12ClFN2O2. The van der Waals surface area contributed by atoms with Gasteiger partial charge in [0.25, 0.3) is 5.91 Å². The van der Waals surface area contributed by atoms with Crippen LogP contribution in [0.15, 0.2) is 18.2 Å². The van der Waals surface area contributed by atoms with Gasteiger partial charge in [-0.1, -0.05) is 17.7 Å². The second-order valence-electron chi connectivity index (χ2n) is 3.05. The first-order valence-electron chi connectivity index (χ1n) is 4.58. The number of carbonyl (C=O) groups is 1. The second-order valence-corrected chi connectivity index (χ2v) is 3.45. The van der Waals surface area contributed by atoms with Crippen molar-refractivity contribution in [2.75, 3.05) is 19.0 Å². The average Bonchev–Trinajstić information content (AvgIpc) is 2.25. The Morgan fingerprint density at radius 1 is 1.69 bits per heavy atom. The van der Waals surface area contributed by atoms with E-state index in [1.807, 2.05) is 0 Å². The van der Waals surface area contributed by atoms with Gasteiger partial charge < -0.3 is 15.8 Å². The van der Waals surface area contributed by atoms with E-state index < -0.39 is 17.8 Å². The number of nitrogens with two attached hydrogens (primary N) is 1. The van der Waals surface area contributed by atoms with E-state index in [0.29, 0.717) is 0 Å². The largest absolute Gasteiger partial charge is 0.370 e. The van der Waals surface area contributed by atoms with E-state index in [1.54, 1.807) is 0 Å². The number of rotatable bonds is 4. The van der Waals surface area contributed by atoms with E-state index in [0.717, 1.165) is 0 Å². The zero-order valence-corrected chi connectivity index (χ0v) is 9.42. The van der Waals surface area contributed by atoms with Crippen LogP contribution in [0.5, 0.6) is 0 Å². The van der Waals surface area contributed by atoms with Crippen molar-refractivity contribution in [2.24, 2.45) is 5.73 Å². The Hall–Kier alpha value is -1.17. The SMILES string of the molecule is COC(CN)C(=O)Nc1c(F)cccc1Cl. The number of amides is 1. The van der Waals surface area contributed by atoms with E-state index in [2.05, 4.69) is 5.32 Å². The standard InChI is InChI=1S/C10H12ClFN2O2/c1-16-8(5-13)10(15)14-9-6(11)3-2-4-7(9)12/h2-4,8H,5,13H2,1H3,(H,14,15). The van der Waals surface area contributed by atoms with Gasteiger partial charge in [-0.2, -0.15) is 0 Å². The predicted molar refractivity (Wildman–Crippen MR) is 59.9 cm³/mol. The third-order valence-electron chi connectivity index (χ3n) is 2.00. The molecule has 0 aliphatic rings. The van der Waals surface area contributed by atoms with Crippen LogP contribution in [-0.2, 0) is 9.53 Å². The lowest BCUT2D eigenvalue weighted by atomic mass is 10.2. The van der Waals surface area contributed by atoms with Crippen LogP contribution in [-0.4, -0.2) is 25.7 Å². The minimum atomic E-state index is -0.823. The molecule has 1 aromatic carbocycles. The van der Waals surface area contributed by atoms with Crippen molar-refractivity contribution in [3.05, 3.63) is 29.0 Å². The highest BCUT2D eigenvalue weighted by Gasteiger charge is 2.18. The van der Waals surface area contributed by atoms with Crippen molar-refractivity contribution in [1.29, 1.82) is 0 Å². The molecule has 0 aliphatic carbocycles. The molecule has 0 bridgehead atoms. The third-order valence-corrected chi connectivity index (χ3v) is 2.32. The smallest absolute Gasteiger partial charge is 0.254 e. The fourth-order valence-electron chi connectivity index (χ4n) is 1.13. The summed E-state index contributed by atoms with van der Waals surface area (Å²) in [4.78, 5) is 11.5. The van der Waals surface area contributed by atoms with Gasteiger partial charge in [-0.3, -0.25) is 4.79 Å². The Balaban J connectivity index is 2.84. The molecule has 1 rings (SSSR count). The molecule has 0 radical (unpaired) electrons. The van der Waals surface area contributed by atoms with E-state index in [9.17, 15) is 9.18 Å². The fraction of sp³-hybridized carbons (Fsp3) is 0.300. The summed E-state index contributed by atoms with van der Waals surface area (Å²) >= 11 is 5.74. The molecule has 1 atom stereocenters. The molecule has 0 saturated heterocycles. The summed E-state index contributed by atoms with van der Waals surface area (Å²) in [6.07, 6.45) is -0.823. The molecule has 1 aromatic rings.